The lowest BCUT2D eigenvalue weighted by Crippen LogP contribution is -2.34. The number of hydrogen-bond acceptors (Lipinski definition) is 8. The van der Waals surface area contributed by atoms with Crippen molar-refractivity contribution in [3.05, 3.63) is 30.3 Å². The number of anilines is 4. The molecule has 110 valence electrons. The molecule has 1 aromatic carbocycles. The zero-order valence-corrected chi connectivity index (χ0v) is 12.3. The minimum absolute atomic E-state index is 0.358. The van der Waals surface area contributed by atoms with Crippen LogP contribution in [0.4, 0.5) is 23.5 Å². The minimum atomic E-state index is 0.358. The fourth-order valence-electron chi connectivity index (χ4n) is 2.04. The summed E-state index contributed by atoms with van der Waals surface area (Å²) in [4.78, 5) is 15.2. The van der Waals surface area contributed by atoms with E-state index in [0.717, 1.165) is 30.3 Å². The molecule has 0 unspecified atom stereocenters. The van der Waals surface area contributed by atoms with Crippen LogP contribution < -0.4 is 21.5 Å². The fraction of sp³-hybridized carbons (Fsp3) is 0.308. The average molecular weight is 303 g/mol. The molecular weight excluding hydrogens is 286 g/mol. The molecule has 1 aromatic heterocycles. The van der Waals surface area contributed by atoms with Crippen molar-refractivity contribution in [1.29, 1.82) is 0 Å². The van der Waals surface area contributed by atoms with Crippen LogP contribution in [-0.4, -0.2) is 39.5 Å². The summed E-state index contributed by atoms with van der Waals surface area (Å²) in [6.07, 6.45) is 0. The topological polar surface area (TPSA) is 92.0 Å². The van der Waals surface area contributed by atoms with Gasteiger partial charge in [0.15, 0.2) is 0 Å². The highest BCUT2D eigenvalue weighted by molar-refractivity contribution is 7.99. The molecule has 1 aliphatic rings. The van der Waals surface area contributed by atoms with E-state index in [1.165, 1.54) is 0 Å². The van der Waals surface area contributed by atoms with Gasteiger partial charge in [-0.15, -0.1) is 0 Å². The van der Waals surface area contributed by atoms with Crippen LogP contribution in [0.25, 0.3) is 0 Å². The molecule has 8 heteroatoms. The molecule has 3 rings (SSSR count). The molecular formula is C13H17N7S. The Morgan fingerprint density at radius 1 is 1.00 bits per heavy atom. The van der Waals surface area contributed by atoms with Gasteiger partial charge >= 0.3 is 0 Å². The van der Waals surface area contributed by atoms with E-state index in [4.69, 9.17) is 5.84 Å². The first-order valence-electron chi connectivity index (χ1n) is 6.72. The predicted molar refractivity (Wildman–Crippen MR) is 86.9 cm³/mol. The van der Waals surface area contributed by atoms with Crippen molar-refractivity contribution >= 4 is 35.3 Å². The van der Waals surface area contributed by atoms with E-state index in [1.807, 2.05) is 42.1 Å². The maximum absolute atomic E-state index is 5.46. The number of nitrogens with one attached hydrogen (secondary N) is 2. The number of hydrogen-bond donors (Lipinski definition) is 3. The van der Waals surface area contributed by atoms with Crippen molar-refractivity contribution in [1.82, 2.24) is 15.0 Å². The van der Waals surface area contributed by atoms with Crippen molar-refractivity contribution in [3.8, 4) is 0 Å². The molecule has 0 bridgehead atoms. The molecule has 0 atom stereocenters. The first kappa shape index (κ1) is 13.9. The first-order valence-corrected chi connectivity index (χ1v) is 7.88. The molecule has 21 heavy (non-hydrogen) atoms. The summed E-state index contributed by atoms with van der Waals surface area (Å²) >= 11 is 1.94. The lowest BCUT2D eigenvalue weighted by molar-refractivity contribution is 0.809. The highest BCUT2D eigenvalue weighted by atomic mass is 32.2. The lowest BCUT2D eigenvalue weighted by atomic mass is 10.3. The summed E-state index contributed by atoms with van der Waals surface area (Å²) in [5, 5.41) is 3.17. The molecule has 0 amide bonds. The molecule has 0 aliphatic carbocycles. The second-order valence-corrected chi connectivity index (χ2v) is 5.74. The van der Waals surface area contributed by atoms with Crippen LogP contribution in [0.1, 0.15) is 0 Å². The smallest absolute Gasteiger partial charge is 0.243 e. The Hall–Kier alpha value is -2.06. The maximum Gasteiger partial charge on any atom is 0.243 e. The third-order valence-corrected chi connectivity index (χ3v) is 4.02. The highest BCUT2D eigenvalue weighted by Crippen LogP contribution is 2.19. The van der Waals surface area contributed by atoms with Crippen molar-refractivity contribution in [2.45, 2.75) is 0 Å². The second kappa shape index (κ2) is 6.59. The number of thioether (sulfide) groups is 1. The Labute approximate surface area is 127 Å². The Morgan fingerprint density at radius 2 is 1.71 bits per heavy atom. The summed E-state index contributed by atoms with van der Waals surface area (Å²) in [6.45, 7) is 1.87. The highest BCUT2D eigenvalue weighted by Gasteiger charge is 2.16. The average Bonchev–Trinajstić information content (AvgIpc) is 2.56. The molecule has 4 N–H and O–H groups in total. The van der Waals surface area contributed by atoms with Gasteiger partial charge in [-0.2, -0.15) is 26.7 Å². The number of hydrazine groups is 1. The van der Waals surface area contributed by atoms with Gasteiger partial charge in [-0.05, 0) is 12.1 Å². The van der Waals surface area contributed by atoms with Crippen LogP contribution in [0, 0.1) is 0 Å². The number of aromatic nitrogens is 3. The lowest BCUT2D eigenvalue weighted by Gasteiger charge is -2.26. The largest absolute Gasteiger partial charge is 0.339 e. The van der Waals surface area contributed by atoms with Crippen LogP contribution in [0.3, 0.4) is 0 Å². The zero-order valence-electron chi connectivity index (χ0n) is 11.5. The van der Waals surface area contributed by atoms with Gasteiger partial charge in [-0.1, -0.05) is 18.2 Å². The summed E-state index contributed by atoms with van der Waals surface area (Å²) in [7, 11) is 0. The van der Waals surface area contributed by atoms with E-state index >= 15 is 0 Å². The summed E-state index contributed by atoms with van der Waals surface area (Å²) in [6, 6.07) is 9.78. The van der Waals surface area contributed by atoms with Crippen LogP contribution in [0.2, 0.25) is 0 Å². The Balaban J connectivity index is 1.85. The van der Waals surface area contributed by atoms with Gasteiger partial charge < -0.3 is 10.2 Å². The van der Waals surface area contributed by atoms with Gasteiger partial charge in [0.25, 0.3) is 0 Å². The summed E-state index contributed by atoms with van der Waals surface area (Å²) in [5.41, 5.74) is 3.42. The maximum atomic E-state index is 5.46. The molecule has 1 saturated heterocycles. The normalized spacial score (nSPS) is 14.8. The van der Waals surface area contributed by atoms with E-state index in [9.17, 15) is 0 Å². The monoisotopic (exact) mass is 303 g/mol. The van der Waals surface area contributed by atoms with E-state index in [0.29, 0.717) is 17.8 Å². The van der Waals surface area contributed by atoms with Gasteiger partial charge in [-0.3, -0.25) is 5.43 Å². The number of nitrogens with two attached hydrogens (primary N) is 1. The number of rotatable bonds is 4. The van der Waals surface area contributed by atoms with Crippen molar-refractivity contribution in [3.63, 3.8) is 0 Å². The first-order chi connectivity index (χ1) is 10.3. The SMILES string of the molecule is NNc1nc(Nc2ccccc2)nc(N2CCSCC2)n1. The van der Waals surface area contributed by atoms with Crippen molar-refractivity contribution in [2.75, 3.05) is 40.2 Å². The van der Waals surface area contributed by atoms with E-state index in [2.05, 4.69) is 30.6 Å². The molecule has 1 aliphatic heterocycles. The minimum Gasteiger partial charge on any atom is -0.339 e. The van der Waals surface area contributed by atoms with Gasteiger partial charge in [0.1, 0.15) is 0 Å². The van der Waals surface area contributed by atoms with Crippen molar-refractivity contribution in [2.24, 2.45) is 5.84 Å². The summed E-state index contributed by atoms with van der Waals surface area (Å²) in [5.74, 6) is 9.11. The van der Waals surface area contributed by atoms with E-state index < -0.39 is 0 Å². The number of para-hydroxylation sites is 1. The van der Waals surface area contributed by atoms with E-state index in [1.54, 1.807) is 0 Å². The Morgan fingerprint density at radius 3 is 2.43 bits per heavy atom. The molecule has 1 fully saturated rings. The van der Waals surface area contributed by atoms with Crippen LogP contribution in [-0.2, 0) is 0 Å². The van der Waals surface area contributed by atoms with Gasteiger partial charge in [0.2, 0.25) is 17.8 Å². The number of benzene rings is 1. The Bertz CT molecular complexity index is 586. The molecule has 0 radical (unpaired) electrons. The van der Waals surface area contributed by atoms with Gasteiger partial charge in [-0.25, -0.2) is 5.84 Å². The van der Waals surface area contributed by atoms with Crippen LogP contribution in [0.5, 0.6) is 0 Å². The molecule has 2 aromatic rings. The number of nitrogens with zero attached hydrogens (tertiary/aromatic N) is 4. The second-order valence-electron chi connectivity index (χ2n) is 4.52. The molecule has 2 heterocycles. The van der Waals surface area contributed by atoms with Crippen LogP contribution in [0.15, 0.2) is 30.3 Å². The zero-order chi connectivity index (χ0) is 14.5. The third kappa shape index (κ3) is 3.53. The number of nitrogen functional groups attached to an aromatic ring is 1. The quantitative estimate of drug-likeness (QED) is 0.577. The van der Waals surface area contributed by atoms with Gasteiger partial charge in [0, 0.05) is 30.3 Å². The molecule has 0 spiro atoms. The van der Waals surface area contributed by atoms with Crippen molar-refractivity contribution < 1.29 is 0 Å². The summed E-state index contributed by atoms with van der Waals surface area (Å²) < 4.78 is 0. The van der Waals surface area contributed by atoms with Gasteiger partial charge in [0.05, 0.1) is 0 Å². The Kier molecular flexibility index (Phi) is 4.37. The fourth-order valence-corrected chi connectivity index (χ4v) is 2.94. The van der Waals surface area contributed by atoms with Crippen LogP contribution >= 0.6 is 11.8 Å². The third-order valence-electron chi connectivity index (χ3n) is 3.08. The standard InChI is InChI=1S/C13H17N7S/c14-19-12-16-11(15-10-4-2-1-3-5-10)17-13(18-12)20-6-8-21-9-7-20/h1-5H,6-9,14H2,(H2,15,16,17,18,19). The van der Waals surface area contributed by atoms with E-state index in [-0.39, 0.29) is 0 Å². The molecule has 0 saturated carbocycles. The molecule has 7 nitrogen and oxygen atoms in total. The predicted octanol–water partition coefficient (Wildman–Crippen LogP) is 1.45.